The Morgan fingerprint density at radius 3 is 1.92 bits per heavy atom. The maximum Gasteiger partial charge on any atom is 0.328 e. The highest BCUT2D eigenvalue weighted by Gasteiger charge is 2.32. The summed E-state index contributed by atoms with van der Waals surface area (Å²) in [6.45, 7) is 1.71. The van der Waals surface area contributed by atoms with Crippen LogP contribution in [0.25, 0.3) is 0 Å². The number of amides is 3. The number of carboxylic acid groups (broad SMARTS) is 2. The van der Waals surface area contributed by atoms with E-state index in [0.29, 0.717) is 25.8 Å². The number of hydrogen-bond acceptors (Lipinski definition) is 9. The lowest BCUT2D eigenvalue weighted by molar-refractivity contribution is -0.145. The Labute approximate surface area is 214 Å². The van der Waals surface area contributed by atoms with Crippen LogP contribution in [0.3, 0.4) is 0 Å². The molecule has 0 radical (unpaired) electrons. The van der Waals surface area contributed by atoms with E-state index in [-0.39, 0.29) is 31.8 Å². The molecule has 212 valence electrons. The molecule has 5 atom stereocenters. The SMILES string of the molecule is CC(O)C(NC(=O)C(CCC(=O)O)NC(=O)C(CCCN=C(N)N)NC(=O)C(N)CCCCN)C(=O)O. The van der Waals surface area contributed by atoms with Crippen LogP contribution in [0.5, 0.6) is 0 Å². The number of hydrogen-bond donors (Lipinski definition) is 10. The molecule has 16 nitrogen and oxygen atoms in total. The van der Waals surface area contributed by atoms with E-state index in [1.165, 1.54) is 0 Å². The van der Waals surface area contributed by atoms with Gasteiger partial charge in [0.25, 0.3) is 0 Å². The topological polar surface area (TPSA) is 299 Å². The second-order valence-electron chi connectivity index (χ2n) is 8.46. The Balaban J connectivity index is 5.62. The summed E-state index contributed by atoms with van der Waals surface area (Å²) in [5.41, 5.74) is 21.9. The fourth-order valence-corrected chi connectivity index (χ4v) is 3.14. The van der Waals surface area contributed by atoms with E-state index in [0.717, 1.165) is 6.92 Å². The molecule has 0 aromatic carbocycles. The Morgan fingerprint density at radius 1 is 0.838 bits per heavy atom. The molecular formula is C21H40N8O8. The minimum Gasteiger partial charge on any atom is -0.481 e. The highest BCUT2D eigenvalue weighted by molar-refractivity contribution is 5.94. The first-order valence-electron chi connectivity index (χ1n) is 11.8. The van der Waals surface area contributed by atoms with Crippen LogP contribution < -0.4 is 38.9 Å². The number of aliphatic imine (C=N–C) groups is 1. The van der Waals surface area contributed by atoms with Crippen molar-refractivity contribution in [2.24, 2.45) is 27.9 Å². The molecule has 14 N–H and O–H groups in total. The second-order valence-corrected chi connectivity index (χ2v) is 8.46. The molecule has 0 saturated carbocycles. The predicted octanol–water partition coefficient (Wildman–Crippen LogP) is -3.72. The van der Waals surface area contributed by atoms with Gasteiger partial charge in [-0.25, -0.2) is 4.79 Å². The number of nitrogens with zero attached hydrogens (tertiary/aromatic N) is 1. The minimum atomic E-state index is -1.70. The lowest BCUT2D eigenvalue weighted by atomic mass is 10.0. The molecule has 5 unspecified atom stereocenters. The van der Waals surface area contributed by atoms with Crippen LogP contribution in [0, 0.1) is 0 Å². The van der Waals surface area contributed by atoms with Gasteiger partial charge in [-0.3, -0.25) is 24.2 Å². The Hall–Kier alpha value is -3.50. The normalized spacial score (nSPS) is 14.8. The Kier molecular flexibility index (Phi) is 16.2. The van der Waals surface area contributed by atoms with Crippen molar-refractivity contribution in [1.29, 1.82) is 0 Å². The third-order valence-corrected chi connectivity index (χ3v) is 5.21. The zero-order valence-electron chi connectivity index (χ0n) is 20.9. The van der Waals surface area contributed by atoms with Crippen molar-refractivity contribution >= 4 is 35.6 Å². The van der Waals surface area contributed by atoms with Crippen molar-refractivity contribution < 1.29 is 39.3 Å². The molecule has 0 saturated heterocycles. The quantitative estimate of drug-likeness (QED) is 0.0436. The Morgan fingerprint density at radius 2 is 1.41 bits per heavy atom. The van der Waals surface area contributed by atoms with Gasteiger partial charge in [0.1, 0.15) is 12.1 Å². The van der Waals surface area contributed by atoms with E-state index < -0.39 is 66.4 Å². The summed E-state index contributed by atoms with van der Waals surface area (Å²) >= 11 is 0. The van der Waals surface area contributed by atoms with Gasteiger partial charge in [0.15, 0.2) is 12.0 Å². The lowest BCUT2D eigenvalue weighted by Crippen LogP contribution is -2.58. The van der Waals surface area contributed by atoms with Crippen LogP contribution in [0.2, 0.25) is 0 Å². The van der Waals surface area contributed by atoms with E-state index in [1.807, 2.05) is 0 Å². The van der Waals surface area contributed by atoms with Gasteiger partial charge in [-0.15, -0.1) is 0 Å². The first kappa shape index (κ1) is 33.5. The largest absolute Gasteiger partial charge is 0.481 e. The van der Waals surface area contributed by atoms with Crippen LogP contribution in [0.1, 0.15) is 51.9 Å². The van der Waals surface area contributed by atoms with Crippen molar-refractivity contribution in [2.75, 3.05) is 13.1 Å². The van der Waals surface area contributed by atoms with Crippen molar-refractivity contribution in [1.82, 2.24) is 16.0 Å². The molecular weight excluding hydrogens is 492 g/mol. The number of unbranched alkanes of at least 4 members (excludes halogenated alkanes) is 1. The number of aliphatic hydroxyl groups excluding tert-OH is 1. The highest BCUT2D eigenvalue weighted by Crippen LogP contribution is 2.06. The van der Waals surface area contributed by atoms with Crippen molar-refractivity contribution in [3.63, 3.8) is 0 Å². The zero-order valence-corrected chi connectivity index (χ0v) is 20.9. The molecule has 0 rings (SSSR count). The zero-order chi connectivity index (χ0) is 28.5. The molecule has 0 heterocycles. The summed E-state index contributed by atoms with van der Waals surface area (Å²) in [7, 11) is 0. The molecule has 3 amide bonds. The number of aliphatic hydroxyl groups is 1. The summed E-state index contributed by atoms with van der Waals surface area (Å²) < 4.78 is 0. The summed E-state index contributed by atoms with van der Waals surface area (Å²) in [6.07, 6.45) is -0.502. The summed E-state index contributed by atoms with van der Waals surface area (Å²) in [4.78, 5) is 64.5. The monoisotopic (exact) mass is 532 g/mol. The molecule has 0 aliphatic rings. The molecule has 0 aliphatic carbocycles. The van der Waals surface area contributed by atoms with Gasteiger partial charge in [0, 0.05) is 13.0 Å². The van der Waals surface area contributed by atoms with Crippen LogP contribution in [0.15, 0.2) is 4.99 Å². The van der Waals surface area contributed by atoms with Crippen LogP contribution in [-0.2, 0) is 24.0 Å². The lowest BCUT2D eigenvalue weighted by Gasteiger charge is -2.25. The molecule has 0 bridgehead atoms. The minimum absolute atomic E-state index is 0.0442. The van der Waals surface area contributed by atoms with Gasteiger partial charge in [0.2, 0.25) is 17.7 Å². The fourth-order valence-electron chi connectivity index (χ4n) is 3.14. The maximum atomic E-state index is 13.0. The molecule has 0 spiro atoms. The number of nitrogens with two attached hydrogens (primary N) is 4. The van der Waals surface area contributed by atoms with Crippen LogP contribution >= 0.6 is 0 Å². The number of carbonyl (C=O) groups is 5. The molecule has 0 aromatic rings. The third-order valence-electron chi connectivity index (χ3n) is 5.21. The smallest absolute Gasteiger partial charge is 0.328 e. The molecule has 0 fully saturated rings. The first-order chi connectivity index (χ1) is 17.3. The number of carbonyl (C=O) groups excluding carboxylic acids is 3. The highest BCUT2D eigenvalue weighted by atomic mass is 16.4. The summed E-state index contributed by atoms with van der Waals surface area (Å²) in [6, 6.07) is -5.28. The van der Waals surface area contributed by atoms with Crippen molar-refractivity contribution in [3.05, 3.63) is 0 Å². The van der Waals surface area contributed by atoms with Gasteiger partial charge < -0.3 is 54.2 Å². The fraction of sp³-hybridized carbons (Fsp3) is 0.714. The van der Waals surface area contributed by atoms with Gasteiger partial charge in [-0.1, -0.05) is 6.42 Å². The van der Waals surface area contributed by atoms with Crippen molar-refractivity contribution in [3.8, 4) is 0 Å². The number of aliphatic carboxylic acids is 2. The van der Waals surface area contributed by atoms with Gasteiger partial charge in [-0.2, -0.15) is 0 Å². The maximum absolute atomic E-state index is 13.0. The molecule has 0 aliphatic heterocycles. The van der Waals surface area contributed by atoms with E-state index in [1.54, 1.807) is 0 Å². The number of guanidine groups is 1. The van der Waals surface area contributed by atoms with E-state index >= 15 is 0 Å². The standard InChI is InChI=1S/C21H40N8O8/c1-11(30)16(20(36)37)29-19(35)14(7-8-15(31)32)28-18(34)13(6-4-10-26-21(24)25)27-17(33)12(23)5-2-3-9-22/h11-14,16,30H,2-10,22-23H2,1H3,(H,27,33)(H,28,34)(H,29,35)(H,31,32)(H,36,37)(H4,24,25,26). The van der Waals surface area contributed by atoms with Crippen LogP contribution in [-0.4, -0.2) is 94.3 Å². The van der Waals surface area contributed by atoms with Gasteiger partial charge >= 0.3 is 11.9 Å². The van der Waals surface area contributed by atoms with Crippen LogP contribution in [0.4, 0.5) is 0 Å². The van der Waals surface area contributed by atoms with Crippen molar-refractivity contribution in [2.45, 2.75) is 82.1 Å². The summed E-state index contributed by atoms with van der Waals surface area (Å²) in [5.74, 6) is -5.43. The first-order valence-corrected chi connectivity index (χ1v) is 11.8. The van der Waals surface area contributed by atoms with Gasteiger partial charge in [0.05, 0.1) is 12.1 Å². The number of rotatable bonds is 19. The summed E-state index contributed by atoms with van der Waals surface area (Å²) in [5, 5.41) is 34.8. The Bertz CT molecular complexity index is 803. The average molecular weight is 533 g/mol. The molecule has 0 aromatic heterocycles. The van der Waals surface area contributed by atoms with Gasteiger partial charge in [-0.05, 0) is 45.6 Å². The van der Waals surface area contributed by atoms with E-state index in [9.17, 15) is 34.2 Å². The number of nitrogens with one attached hydrogen (secondary N) is 3. The predicted molar refractivity (Wildman–Crippen MR) is 133 cm³/mol. The average Bonchev–Trinajstić information content (AvgIpc) is 2.80. The second kappa shape index (κ2) is 17.9. The van der Waals surface area contributed by atoms with E-state index in [2.05, 4.69) is 20.9 Å². The molecule has 37 heavy (non-hydrogen) atoms. The van der Waals surface area contributed by atoms with E-state index in [4.69, 9.17) is 28.0 Å². The number of carboxylic acids is 2. The third kappa shape index (κ3) is 14.6. The molecule has 16 heteroatoms.